The van der Waals surface area contributed by atoms with Crippen LogP contribution in [0.25, 0.3) is 0 Å². The van der Waals surface area contributed by atoms with Gasteiger partial charge in [-0.1, -0.05) is 12.1 Å². The normalized spacial score (nSPS) is 12.9. The smallest absolute Gasteiger partial charge is 0.341 e. The van der Waals surface area contributed by atoms with Gasteiger partial charge in [0.15, 0.2) is 5.11 Å². The molecule has 0 saturated carbocycles. The number of carbonyl (C=O) groups excluding carboxylic acids is 1. The highest BCUT2D eigenvalue weighted by atomic mass is 32.1. The molecular weight excluding hydrogens is 423 g/mol. The molecule has 0 amide bonds. The van der Waals surface area contributed by atoms with Crippen LogP contribution >= 0.6 is 23.6 Å². The minimum Gasteiger partial charge on any atom is -0.465 e. The molecule has 30 heavy (non-hydrogen) atoms. The highest BCUT2D eigenvalue weighted by Gasteiger charge is 2.26. The Hall–Kier alpha value is -2.78. The average molecular weight is 445 g/mol. The van der Waals surface area contributed by atoms with Gasteiger partial charge in [-0.25, -0.2) is 9.18 Å². The summed E-state index contributed by atoms with van der Waals surface area (Å²) < 4.78 is 19.8. The SMILES string of the molecule is COC(=O)c1c(NC(=S)Nc2cnn(Cc3ccc(F)cc3)c2)sc2c1CCCC2. The van der Waals surface area contributed by atoms with Gasteiger partial charge in [0.1, 0.15) is 10.8 Å². The van der Waals surface area contributed by atoms with Gasteiger partial charge in [0.05, 0.1) is 31.1 Å². The van der Waals surface area contributed by atoms with Gasteiger partial charge in [-0.15, -0.1) is 11.3 Å². The van der Waals surface area contributed by atoms with Crippen molar-refractivity contribution < 1.29 is 13.9 Å². The number of fused-ring (bicyclic) bond motifs is 1. The number of halogens is 1. The first-order valence-electron chi connectivity index (χ1n) is 9.61. The number of rotatable bonds is 5. The summed E-state index contributed by atoms with van der Waals surface area (Å²) in [7, 11) is 1.39. The van der Waals surface area contributed by atoms with Crippen LogP contribution in [0, 0.1) is 5.82 Å². The van der Waals surface area contributed by atoms with Gasteiger partial charge < -0.3 is 15.4 Å². The number of ether oxygens (including phenoxy) is 1. The van der Waals surface area contributed by atoms with Gasteiger partial charge in [0.25, 0.3) is 0 Å². The Bertz CT molecular complexity index is 1080. The second-order valence-corrected chi connectivity index (χ2v) is 8.55. The van der Waals surface area contributed by atoms with Crippen molar-refractivity contribution in [3.63, 3.8) is 0 Å². The van der Waals surface area contributed by atoms with Crippen molar-refractivity contribution in [3.05, 3.63) is 64.0 Å². The third-order valence-corrected chi connectivity index (χ3v) is 6.35. The van der Waals surface area contributed by atoms with Crippen LogP contribution in [0.1, 0.15) is 39.2 Å². The molecule has 1 aliphatic rings. The van der Waals surface area contributed by atoms with Crippen molar-refractivity contribution in [1.29, 1.82) is 0 Å². The highest BCUT2D eigenvalue weighted by molar-refractivity contribution is 7.80. The number of benzene rings is 1. The van der Waals surface area contributed by atoms with Gasteiger partial charge in [-0.3, -0.25) is 4.68 Å². The predicted octanol–water partition coefficient (Wildman–Crippen LogP) is 4.61. The van der Waals surface area contributed by atoms with Gasteiger partial charge in [-0.2, -0.15) is 5.10 Å². The minimum absolute atomic E-state index is 0.264. The van der Waals surface area contributed by atoms with E-state index in [1.54, 1.807) is 34.3 Å². The zero-order valence-corrected chi connectivity index (χ0v) is 18.0. The number of thiocarbonyl (C=S) groups is 1. The molecule has 1 aromatic carbocycles. The Morgan fingerprint density at radius 2 is 2.03 bits per heavy atom. The molecule has 0 unspecified atom stereocenters. The number of anilines is 2. The number of aryl methyl sites for hydroxylation is 1. The Labute approximate surface area is 183 Å². The largest absolute Gasteiger partial charge is 0.465 e. The highest BCUT2D eigenvalue weighted by Crippen LogP contribution is 2.38. The fourth-order valence-corrected chi connectivity index (χ4v) is 5.10. The van der Waals surface area contributed by atoms with Gasteiger partial charge in [0.2, 0.25) is 0 Å². The molecule has 2 N–H and O–H groups in total. The van der Waals surface area contributed by atoms with Crippen LogP contribution in [0.5, 0.6) is 0 Å². The van der Waals surface area contributed by atoms with E-state index in [9.17, 15) is 9.18 Å². The van der Waals surface area contributed by atoms with E-state index in [0.717, 1.165) is 42.5 Å². The minimum atomic E-state index is -0.341. The number of nitrogens with zero attached hydrogens (tertiary/aromatic N) is 2. The van der Waals surface area contributed by atoms with E-state index in [4.69, 9.17) is 17.0 Å². The topological polar surface area (TPSA) is 68.2 Å². The summed E-state index contributed by atoms with van der Waals surface area (Å²) in [6, 6.07) is 6.31. The lowest BCUT2D eigenvalue weighted by atomic mass is 9.95. The van der Waals surface area contributed by atoms with Crippen molar-refractivity contribution in [2.45, 2.75) is 32.2 Å². The Balaban J connectivity index is 1.44. The second-order valence-electron chi connectivity index (χ2n) is 7.04. The van der Waals surface area contributed by atoms with Crippen LogP contribution in [0.2, 0.25) is 0 Å². The van der Waals surface area contributed by atoms with Crippen LogP contribution in [-0.2, 0) is 24.1 Å². The van der Waals surface area contributed by atoms with E-state index in [1.165, 1.54) is 24.1 Å². The van der Waals surface area contributed by atoms with E-state index >= 15 is 0 Å². The quantitative estimate of drug-likeness (QED) is 0.443. The molecule has 9 heteroatoms. The molecule has 0 radical (unpaired) electrons. The molecule has 0 saturated heterocycles. The molecule has 3 aromatic rings. The molecule has 0 fully saturated rings. The Kier molecular flexibility index (Phi) is 6.10. The van der Waals surface area contributed by atoms with E-state index < -0.39 is 0 Å². The van der Waals surface area contributed by atoms with Crippen LogP contribution in [0.3, 0.4) is 0 Å². The average Bonchev–Trinajstić information content (AvgIpc) is 3.32. The number of aromatic nitrogens is 2. The zero-order chi connectivity index (χ0) is 21.1. The molecule has 4 rings (SSSR count). The number of thiophene rings is 1. The fourth-order valence-electron chi connectivity index (χ4n) is 3.53. The molecule has 6 nitrogen and oxygen atoms in total. The van der Waals surface area contributed by atoms with Crippen molar-refractivity contribution in [2.75, 3.05) is 17.7 Å². The van der Waals surface area contributed by atoms with Crippen LogP contribution < -0.4 is 10.6 Å². The molecule has 1 aliphatic carbocycles. The molecular formula is C21H21FN4O2S2. The van der Waals surface area contributed by atoms with E-state index in [0.29, 0.717) is 22.2 Å². The second kappa shape index (κ2) is 8.93. The Morgan fingerprint density at radius 1 is 1.27 bits per heavy atom. The predicted molar refractivity (Wildman–Crippen MR) is 120 cm³/mol. The van der Waals surface area contributed by atoms with Gasteiger partial charge in [-0.05, 0) is 61.2 Å². The van der Waals surface area contributed by atoms with Crippen molar-refractivity contribution >= 4 is 45.3 Å². The number of hydrogen-bond donors (Lipinski definition) is 2. The van der Waals surface area contributed by atoms with Crippen molar-refractivity contribution in [1.82, 2.24) is 9.78 Å². The van der Waals surface area contributed by atoms with Crippen LogP contribution in [-0.4, -0.2) is 28.0 Å². The maximum atomic E-state index is 13.0. The summed E-state index contributed by atoms with van der Waals surface area (Å²) in [4.78, 5) is 13.6. The first-order chi connectivity index (χ1) is 14.5. The molecule has 0 spiro atoms. The lowest BCUT2D eigenvalue weighted by molar-refractivity contribution is 0.0601. The van der Waals surface area contributed by atoms with E-state index in [-0.39, 0.29) is 11.8 Å². The summed E-state index contributed by atoms with van der Waals surface area (Å²) in [6.07, 6.45) is 7.54. The van der Waals surface area contributed by atoms with Crippen LogP contribution in [0.15, 0.2) is 36.7 Å². The molecule has 0 atom stereocenters. The van der Waals surface area contributed by atoms with Crippen LogP contribution in [0.4, 0.5) is 15.1 Å². The van der Waals surface area contributed by atoms with Crippen molar-refractivity contribution in [2.24, 2.45) is 0 Å². The third-order valence-electron chi connectivity index (χ3n) is 4.94. The first kappa shape index (κ1) is 20.5. The number of nitrogens with one attached hydrogen (secondary N) is 2. The lowest BCUT2D eigenvalue weighted by Gasteiger charge is -2.12. The summed E-state index contributed by atoms with van der Waals surface area (Å²) in [5, 5.41) is 11.7. The summed E-state index contributed by atoms with van der Waals surface area (Å²) in [5.41, 5.74) is 3.33. The maximum Gasteiger partial charge on any atom is 0.341 e. The Morgan fingerprint density at radius 3 is 2.80 bits per heavy atom. The molecule has 2 heterocycles. The fraction of sp³-hybridized carbons (Fsp3) is 0.286. The van der Waals surface area contributed by atoms with Gasteiger partial charge >= 0.3 is 5.97 Å². The van der Waals surface area contributed by atoms with Crippen molar-refractivity contribution in [3.8, 4) is 0 Å². The number of carbonyl (C=O) groups is 1. The summed E-state index contributed by atoms with van der Waals surface area (Å²) >= 11 is 7.01. The standard InChI is InChI=1S/C21H21FN4O2S2/c1-28-20(27)18-16-4-2-3-5-17(16)30-19(18)25-21(29)24-15-10-23-26(12-15)11-13-6-8-14(22)9-7-13/h6-10,12H,2-5,11H2,1H3,(H2,24,25,29). The lowest BCUT2D eigenvalue weighted by Crippen LogP contribution is -2.20. The molecule has 0 bridgehead atoms. The summed E-state index contributed by atoms with van der Waals surface area (Å²) in [5.74, 6) is -0.605. The van der Waals surface area contributed by atoms with Gasteiger partial charge in [0, 0.05) is 11.1 Å². The van der Waals surface area contributed by atoms with E-state index in [2.05, 4.69) is 15.7 Å². The number of esters is 1. The number of methoxy groups -OCH3 is 1. The monoisotopic (exact) mass is 444 g/mol. The third kappa shape index (κ3) is 4.52. The zero-order valence-electron chi connectivity index (χ0n) is 16.4. The molecule has 156 valence electrons. The molecule has 0 aliphatic heterocycles. The van der Waals surface area contributed by atoms with E-state index in [1.807, 2.05) is 6.20 Å². The molecule has 2 aromatic heterocycles. The maximum absolute atomic E-state index is 13.0. The first-order valence-corrected chi connectivity index (χ1v) is 10.8. The number of hydrogen-bond acceptors (Lipinski definition) is 5. The summed E-state index contributed by atoms with van der Waals surface area (Å²) in [6.45, 7) is 0.520.